The van der Waals surface area contributed by atoms with E-state index < -0.39 is 5.60 Å². The molecule has 1 N–H and O–H groups in total. The van der Waals surface area contributed by atoms with Crippen molar-refractivity contribution in [1.29, 1.82) is 0 Å². The molecular formula is C37H51ClN6O3. The molecule has 2 aliphatic rings. The van der Waals surface area contributed by atoms with Gasteiger partial charge in [-0.1, -0.05) is 35.9 Å². The highest BCUT2D eigenvalue weighted by atomic mass is 35.5. The van der Waals surface area contributed by atoms with Gasteiger partial charge in [0.15, 0.2) is 0 Å². The number of halogens is 1. The average molecular weight is 663 g/mol. The minimum Gasteiger partial charge on any atom is -0.444 e. The highest BCUT2D eigenvalue weighted by molar-refractivity contribution is 6.33. The summed E-state index contributed by atoms with van der Waals surface area (Å²) in [5.41, 5.74) is 6.13. The molecule has 3 heterocycles. The minimum atomic E-state index is -0.497. The number of nitrogens with one attached hydrogen (secondary N) is 1. The number of hydrogen-bond acceptors (Lipinski definition) is 6. The zero-order chi connectivity index (χ0) is 33.7. The Hall–Kier alpha value is -3.69. The lowest BCUT2D eigenvalue weighted by Gasteiger charge is -2.41. The van der Waals surface area contributed by atoms with Gasteiger partial charge in [0.1, 0.15) is 11.3 Å². The molecule has 2 saturated heterocycles. The molecule has 0 aliphatic carbocycles. The van der Waals surface area contributed by atoms with Crippen LogP contribution in [0.2, 0.25) is 5.02 Å². The Morgan fingerprint density at radius 1 is 0.957 bits per heavy atom. The number of aryl methyl sites for hydroxylation is 1. The first-order chi connectivity index (χ1) is 22.4. The lowest BCUT2D eigenvalue weighted by molar-refractivity contribution is 0.0526. The number of nitrogens with zero attached hydrogens (tertiary/aromatic N) is 5. The molecule has 0 bridgehead atoms. The molecule has 2 aromatic carbocycles. The van der Waals surface area contributed by atoms with Gasteiger partial charge in [-0.15, -0.1) is 0 Å². The number of ether oxygens (including phenoxy) is 1. The number of piperazine rings is 2. The van der Waals surface area contributed by atoms with E-state index in [9.17, 15) is 9.59 Å². The first-order valence-corrected chi connectivity index (χ1v) is 17.3. The van der Waals surface area contributed by atoms with Crippen molar-refractivity contribution in [3.8, 4) is 0 Å². The van der Waals surface area contributed by atoms with E-state index in [4.69, 9.17) is 16.3 Å². The minimum absolute atomic E-state index is 0.0782. The molecule has 3 aromatic rings. The molecule has 1 aromatic heterocycles. The van der Waals surface area contributed by atoms with Crippen molar-refractivity contribution >= 4 is 35.0 Å². The van der Waals surface area contributed by atoms with Crippen LogP contribution in [0.4, 0.5) is 16.2 Å². The van der Waals surface area contributed by atoms with Crippen LogP contribution in [0.1, 0.15) is 61.4 Å². The second-order valence-electron chi connectivity index (χ2n) is 13.9. The van der Waals surface area contributed by atoms with Crippen LogP contribution in [0.3, 0.4) is 0 Å². The fraction of sp³-hybridized carbons (Fsp3) is 0.514. The van der Waals surface area contributed by atoms with Crippen LogP contribution in [0, 0.1) is 6.92 Å². The first kappa shape index (κ1) is 34.6. The predicted octanol–water partition coefficient (Wildman–Crippen LogP) is 6.12. The molecule has 2 aliphatic heterocycles. The summed E-state index contributed by atoms with van der Waals surface area (Å²) in [4.78, 5) is 35.1. The van der Waals surface area contributed by atoms with E-state index in [1.54, 1.807) is 0 Å². The fourth-order valence-electron chi connectivity index (χ4n) is 6.57. The van der Waals surface area contributed by atoms with E-state index in [-0.39, 0.29) is 18.0 Å². The van der Waals surface area contributed by atoms with Crippen LogP contribution in [-0.2, 0) is 24.8 Å². The fourth-order valence-corrected chi connectivity index (χ4v) is 6.83. The molecular weight excluding hydrogens is 612 g/mol. The number of carbonyl (C=O) groups is 2. The van der Waals surface area contributed by atoms with Crippen LogP contribution in [0.15, 0.2) is 54.6 Å². The van der Waals surface area contributed by atoms with Crippen molar-refractivity contribution in [3.05, 3.63) is 82.1 Å². The van der Waals surface area contributed by atoms with Crippen molar-refractivity contribution in [2.24, 2.45) is 7.05 Å². The molecule has 0 radical (unpaired) electrons. The second kappa shape index (κ2) is 15.0. The predicted molar refractivity (Wildman–Crippen MR) is 191 cm³/mol. The number of rotatable bonds is 9. The molecule has 2 fully saturated rings. The molecule has 0 unspecified atom stereocenters. The van der Waals surface area contributed by atoms with Gasteiger partial charge in [0, 0.05) is 83.4 Å². The third-order valence-corrected chi connectivity index (χ3v) is 9.61. The first-order valence-electron chi connectivity index (χ1n) is 16.9. The highest BCUT2D eigenvalue weighted by Gasteiger charge is 2.31. The molecule has 10 heteroatoms. The summed E-state index contributed by atoms with van der Waals surface area (Å²) in [6, 6.07) is 18.8. The Morgan fingerprint density at radius 3 is 2.38 bits per heavy atom. The summed E-state index contributed by atoms with van der Waals surface area (Å²) in [5.74, 6) is 0.101. The summed E-state index contributed by atoms with van der Waals surface area (Å²) < 4.78 is 7.39. The molecule has 0 saturated carbocycles. The van der Waals surface area contributed by atoms with Gasteiger partial charge in [-0.3, -0.25) is 9.69 Å². The maximum atomic E-state index is 13.9. The van der Waals surface area contributed by atoms with Crippen molar-refractivity contribution in [1.82, 2.24) is 19.7 Å². The Bertz CT molecular complexity index is 1540. The third-order valence-electron chi connectivity index (χ3n) is 9.29. The van der Waals surface area contributed by atoms with E-state index in [0.717, 1.165) is 80.8 Å². The van der Waals surface area contributed by atoms with Crippen LogP contribution < -0.4 is 15.1 Å². The Balaban J connectivity index is 1.13. The third kappa shape index (κ3) is 8.82. The van der Waals surface area contributed by atoms with Crippen molar-refractivity contribution < 1.29 is 14.3 Å². The number of alkyl carbamates (subject to hydrolysis) is 1. The van der Waals surface area contributed by atoms with Gasteiger partial charge in [0.2, 0.25) is 0 Å². The molecule has 47 heavy (non-hydrogen) atoms. The second-order valence-corrected chi connectivity index (χ2v) is 14.3. The standard InChI is InChI=1S/C37H51ClN6O3/c1-27-25-43(31-13-9-11-29(23-31)12-10-16-39-36(46)47-37(3,4)5)21-22-44(27)35(45)34-24-30(28(2)40(34)6)26-41-17-19-42(20-18-41)33-15-8-7-14-32(33)38/h7-9,11,13-15,23-24,27H,10,12,16-22,25-26H2,1-6H3,(H,39,46)/t27-/m1/s1. The van der Waals surface area contributed by atoms with Gasteiger partial charge >= 0.3 is 6.09 Å². The van der Waals surface area contributed by atoms with Gasteiger partial charge in [-0.05, 0) is 88.9 Å². The Morgan fingerprint density at radius 2 is 1.68 bits per heavy atom. The van der Waals surface area contributed by atoms with Gasteiger partial charge in [-0.25, -0.2) is 4.79 Å². The molecule has 254 valence electrons. The van der Waals surface area contributed by atoms with E-state index in [2.05, 4.69) is 74.8 Å². The Kier molecular flexibility index (Phi) is 11.1. The van der Waals surface area contributed by atoms with Gasteiger partial charge in [0.25, 0.3) is 5.91 Å². The maximum absolute atomic E-state index is 13.9. The number of para-hydroxylation sites is 1. The summed E-state index contributed by atoms with van der Waals surface area (Å²) in [6.45, 7) is 17.2. The zero-order valence-electron chi connectivity index (χ0n) is 28.9. The molecule has 0 spiro atoms. The SMILES string of the molecule is Cc1c(CN2CCN(c3ccccc3Cl)CC2)cc(C(=O)N2CCN(c3cccc(CCCNC(=O)OC(C)(C)C)c3)C[C@H]2C)n1C. The number of amides is 2. The summed E-state index contributed by atoms with van der Waals surface area (Å²) in [7, 11) is 2.01. The van der Waals surface area contributed by atoms with Crippen LogP contribution in [-0.4, -0.2) is 90.4 Å². The number of anilines is 2. The van der Waals surface area contributed by atoms with Crippen molar-refractivity contribution in [2.75, 3.05) is 62.2 Å². The topological polar surface area (TPSA) is 73.3 Å². The van der Waals surface area contributed by atoms with Gasteiger partial charge in [-0.2, -0.15) is 0 Å². The van der Waals surface area contributed by atoms with Crippen molar-refractivity contribution in [3.63, 3.8) is 0 Å². The normalized spacial score (nSPS) is 17.6. The monoisotopic (exact) mass is 662 g/mol. The smallest absolute Gasteiger partial charge is 0.407 e. The van der Waals surface area contributed by atoms with E-state index >= 15 is 0 Å². The quantitative estimate of drug-likeness (QED) is 0.279. The lowest BCUT2D eigenvalue weighted by atomic mass is 10.1. The zero-order valence-corrected chi connectivity index (χ0v) is 29.6. The number of aromatic nitrogens is 1. The molecule has 5 rings (SSSR count). The lowest BCUT2D eigenvalue weighted by Crippen LogP contribution is -2.54. The average Bonchev–Trinajstić information content (AvgIpc) is 3.31. The number of hydrogen-bond donors (Lipinski definition) is 1. The van der Waals surface area contributed by atoms with E-state index in [0.29, 0.717) is 13.1 Å². The van der Waals surface area contributed by atoms with Crippen molar-refractivity contribution in [2.45, 2.75) is 65.6 Å². The highest BCUT2D eigenvalue weighted by Crippen LogP contribution is 2.28. The molecule has 9 nitrogen and oxygen atoms in total. The number of benzene rings is 2. The van der Waals surface area contributed by atoms with E-state index in [1.807, 2.05) is 50.9 Å². The largest absolute Gasteiger partial charge is 0.444 e. The van der Waals surface area contributed by atoms with Gasteiger partial charge < -0.3 is 29.3 Å². The molecule has 2 amide bonds. The van der Waals surface area contributed by atoms with E-state index in [1.165, 1.54) is 16.8 Å². The summed E-state index contributed by atoms with van der Waals surface area (Å²) >= 11 is 6.45. The number of carbonyl (C=O) groups excluding carboxylic acids is 2. The van der Waals surface area contributed by atoms with Crippen LogP contribution >= 0.6 is 11.6 Å². The summed E-state index contributed by atoms with van der Waals surface area (Å²) in [6.07, 6.45) is 1.32. The summed E-state index contributed by atoms with van der Waals surface area (Å²) in [5, 5.41) is 3.64. The van der Waals surface area contributed by atoms with Crippen LogP contribution in [0.25, 0.3) is 0 Å². The molecule has 1 atom stereocenters. The Labute approximate surface area is 285 Å². The maximum Gasteiger partial charge on any atom is 0.407 e. The van der Waals surface area contributed by atoms with Gasteiger partial charge in [0.05, 0.1) is 10.7 Å². The van der Waals surface area contributed by atoms with Crippen LogP contribution in [0.5, 0.6) is 0 Å².